The summed E-state index contributed by atoms with van der Waals surface area (Å²) >= 11 is 1.55. The fourth-order valence-corrected chi connectivity index (χ4v) is 4.68. The number of rotatable bonds is 5. The van der Waals surface area contributed by atoms with Gasteiger partial charge in [0.1, 0.15) is 17.6 Å². The van der Waals surface area contributed by atoms with Crippen LogP contribution in [0.1, 0.15) is 37.3 Å². The second-order valence-electron chi connectivity index (χ2n) is 7.32. The van der Waals surface area contributed by atoms with Gasteiger partial charge in [-0.2, -0.15) is 0 Å². The number of ether oxygens (including phenoxy) is 2. The van der Waals surface area contributed by atoms with Gasteiger partial charge < -0.3 is 14.8 Å². The van der Waals surface area contributed by atoms with E-state index in [2.05, 4.69) is 20.3 Å². The van der Waals surface area contributed by atoms with E-state index < -0.39 is 0 Å². The number of benzene rings is 1. The van der Waals surface area contributed by atoms with Gasteiger partial charge in [-0.3, -0.25) is 4.98 Å². The minimum atomic E-state index is -0.259. The van der Waals surface area contributed by atoms with E-state index in [1.165, 1.54) is 12.1 Å². The molecule has 8 heteroatoms. The number of halogens is 1. The Kier molecular flexibility index (Phi) is 4.82. The van der Waals surface area contributed by atoms with Crippen molar-refractivity contribution >= 4 is 26.7 Å². The summed E-state index contributed by atoms with van der Waals surface area (Å²) in [6.45, 7) is 1.53. The zero-order valence-electron chi connectivity index (χ0n) is 15.3. The lowest BCUT2D eigenvalue weighted by molar-refractivity contribution is 0.0780. The van der Waals surface area contributed by atoms with Crippen LogP contribution in [0.15, 0.2) is 30.6 Å². The average Bonchev–Trinajstić information content (AvgIpc) is 3.09. The molecule has 1 aromatic carbocycles. The number of hydrogen-bond acceptors (Lipinski definition) is 7. The van der Waals surface area contributed by atoms with Crippen molar-refractivity contribution in [2.24, 2.45) is 0 Å². The Morgan fingerprint density at radius 3 is 2.82 bits per heavy atom. The second kappa shape index (κ2) is 7.60. The topological polar surface area (TPSA) is 69.2 Å². The zero-order valence-corrected chi connectivity index (χ0v) is 16.1. The first-order chi connectivity index (χ1) is 13.7. The molecule has 146 valence electrons. The molecule has 6 nitrogen and oxygen atoms in total. The van der Waals surface area contributed by atoms with Gasteiger partial charge in [0, 0.05) is 56.5 Å². The minimum Gasteiger partial charge on any atom is -0.473 e. The third-order valence-electron chi connectivity index (χ3n) is 5.35. The van der Waals surface area contributed by atoms with Crippen LogP contribution in [0.5, 0.6) is 5.88 Å². The maximum absolute atomic E-state index is 13.3. The fraction of sp³-hybridized carbons (Fsp3) is 0.450. The summed E-state index contributed by atoms with van der Waals surface area (Å²) in [5, 5.41) is 4.26. The van der Waals surface area contributed by atoms with E-state index in [-0.39, 0.29) is 11.9 Å². The number of anilines is 1. The summed E-state index contributed by atoms with van der Waals surface area (Å²) in [7, 11) is 0. The minimum absolute atomic E-state index is 0.125. The predicted molar refractivity (Wildman–Crippen MR) is 105 cm³/mol. The van der Waals surface area contributed by atoms with Crippen molar-refractivity contribution in [1.82, 2.24) is 15.0 Å². The predicted octanol–water partition coefficient (Wildman–Crippen LogP) is 4.14. The van der Waals surface area contributed by atoms with Gasteiger partial charge in [-0.25, -0.2) is 14.4 Å². The molecule has 3 heterocycles. The highest BCUT2D eigenvalue weighted by atomic mass is 32.1. The van der Waals surface area contributed by atoms with Gasteiger partial charge in [0.05, 0.1) is 10.2 Å². The molecule has 2 aromatic heterocycles. The summed E-state index contributed by atoms with van der Waals surface area (Å²) < 4.78 is 25.9. The van der Waals surface area contributed by atoms with Crippen LogP contribution in [0, 0.1) is 5.82 Å². The highest BCUT2D eigenvalue weighted by Crippen LogP contribution is 2.35. The van der Waals surface area contributed by atoms with Crippen molar-refractivity contribution in [3.05, 3.63) is 42.1 Å². The number of thiazole rings is 1. The van der Waals surface area contributed by atoms with Crippen molar-refractivity contribution in [1.29, 1.82) is 0 Å². The van der Waals surface area contributed by atoms with Crippen LogP contribution in [0.3, 0.4) is 0 Å². The molecule has 0 atom stereocenters. The summed E-state index contributed by atoms with van der Waals surface area (Å²) in [5.41, 5.74) is 1.65. The molecule has 0 bridgehead atoms. The Labute approximate surface area is 166 Å². The van der Waals surface area contributed by atoms with Crippen LogP contribution in [-0.4, -0.2) is 40.3 Å². The molecule has 2 fully saturated rings. The molecule has 28 heavy (non-hydrogen) atoms. The van der Waals surface area contributed by atoms with Crippen LogP contribution in [0.4, 0.5) is 9.52 Å². The number of aromatic nitrogens is 3. The first kappa shape index (κ1) is 17.8. The van der Waals surface area contributed by atoms with Crippen molar-refractivity contribution in [3.8, 4) is 5.88 Å². The molecule has 1 saturated carbocycles. The van der Waals surface area contributed by atoms with E-state index >= 15 is 0 Å². The van der Waals surface area contributed by atoms with Gasteiger partial charge in [-0.15, -0.1) is 0 Å². The van der Waals surface area contributed by atoms with Crippen molar-refractivity contribution in [2.45, 2.75) is 43.7 Å². The van der Waals surface area contributed by atoms with Crippen LogP contribution in [0.2, 0.25) is 0 Å². The lowest BCUT2D eigenvalue weighted by Gasteiger charge is -2.36. The Balaban J connectivity index is 1.19. The lowest BCUT2D eigenvalue weighted by Crippen LogP contribution is -2.42. The normalized spacial score (nSPS) is 22.8. The van der Waals surface area contributed by atoms with E-state index in [9.17, 15) is 4.39 Å². The van der Waals surface area contributed by atoms with Crippen LogP contribution < -0.4 is 10.1 Å². The Morgan fingerprint density at radius 2 is 1.96 bits per heavy atom. The van der Waals surface area contributed by atoms with Crippen molar-refractivity contribution < 1.29 is 13.9 Å². The Hall–Kier alpha value is -2.32. The number of nitrogens with zero attached hydrogens (tertiary/aromatic N) is 3. The maximum atomic E-state index is 13.3. The molecule has 0 spiro atoms. The smallest absolute Gasteiger partial charge is 0.236 e. The SMILES string of the molecule is Fc1ccc2sc(NC3CC(Oc4nccnc4C4CCOCC4)C3)nc2c1. The molecular formula is C20H21FN4O2S. The highest BCUT2D eigenvalue weighted by Gasteiger charge is 2.33. The third kappa shape index (κ3) is 3.66. The molecule has 0 amide bonds. The summed E-state index contributed by atoms with van der Waals surface area (Å²) in [4.78, 5) is 13.4. The molecule has 0 unspecified atom stereocenters. The van der Waals surface area contributed by atoms with Gasteiger partial charge in [0.2, 0.25) is 5.88 Å². The van der Waals surface area contributed by atoms with Gasteiger partial charge >= 0.3 is 0 Å². The number of fused-ring (bicyclic) bond motifs is 1. The number of nitrogens with one attached hydrogen (secondary N) is 1. The fourth-order valence-electron chi connectivity index (χ4n) is 3.75. The van der Waals surface area contributed by atoms with E-state index in [4.69, 9.17) is 9.47 Å². The summed E-state index contributed by atoms with van der Waals surface area (Å²) in [6.07, 6.45) is 7.23. The van der Waals surface area contributed by atoms with Crippen LogP contribution in [-0.2, 0) is 4.74 Å². The quantitative estimate of drug-likeness (QED) is 0.694. The zero-order chi connectivity index (χ0) is 18.9. The van der Waals surface area contributed by atoms with Crippen LogP contribution in [0.25, 0.3) is 10.2 Å². The molecule has 1 saturated heterocycles. The van der Waals surface area contributed by atoms with Gasteiger partial charge in [-0.1, -0.05) is 11.3 Å². The Bertz CT molecular complexity index is 970. The second-order valence-corrected chi connectivity index (χ2v) is 8.35. The first-order valence-electron chi connectivity index (χ1n) is 9.62. The number of hydrogen-bond donors (Lipinski definition) is 1. The standard InChI is InChI=1S/C20H21FN4O2S/c21-13-1-2-17-16(9-13)25-20(28-17)24-14-10-15(11-14)27-19-18(22-5-6-23-19)12-3-7-26-8-4-12/h1-2,5-6,9,12,14-15H,3-4,7-8,10-11H2,(H,24,25). The molecule has 5 rings (SSSR count). The third-order valence-corrected chi connectivity index (χ3v) is 6.32. The first-order valence-corrected chi connectivity index (χ1v) is 10.4. The molecule has 2 aliphatic rings. The molecular weight excluding hydrogens is 379 g/mol. The van der Waals surface area contributed by atoms with Gasteiger partial charge in [0.15, 0.2) is 5.13 Å². The maximum Gasteiger partial charge on any atom is 0.236 e. The van der Waals surface area contributed by atoms with Crippen molar-refractivity contribution in [2.75, 3.05) is 18.5 Å². The summed E-state index contributed by atoms with van der Waals surface area (Å²) in [6, 6.07) is 5.01. The van der Waals surface area contributed by atoms with Gasteiger partial charge in [0.25, 0.3) is 0 Å². The van der Waals surface area contributed by atoms with Crippen molar-refractivity contribution in [3.63, 3.8) is 0 Å². The molecule has 0 radical (unpaired) electrons. The average molecular weight is 400 g/mol. The highest BCUT2D eigenvalue weighted by molar-refractivity contribution is 7.22. The van der Waals surface area contributed by atoms with E-state index in [1.807, 2.05) is 0 Å². The van der Waals surface area contributed by atoms with Crippen LogP contribution >= 0.6 is 11.3 Å². The van der Waals surface area contributed by atoms with E-state index in [0.717, 1.165) is 54.4 Å². The Morgan fingerprint density at radius 1 is 1.14 bits per heavy atom. The van der Waals surface area contributed by atoms with E-state index in [1.54, 1.807) is 29.8 Å². The van der Waals surface area contributed by atoms with E-state index in [0.29, 0.717) is 23.4 Å². The molecule has 1 N–H and O–H groups in total. The largest absolute Gasteiger partial charge is 0.473 e. The van der Waals surface area contributed by atoms with Gasteiger partial charge in [-0.05, 0) is 25.0 Å². The monoisotopic (exact) mass is 400 g/mol. The molecule has 1 aliphatic carbocycles. The lowest BCUT2D eigenvalue weighted by atomic mass is 9.89. The molecule has 3 aromatic rings. The summed E-state index contributed by atoms with van der Waals surface area (Å²) in [5.74, 6) is 0.758. The molecule has 1 aliphatic heterocycles.